The number of carbonyl (C=O) groups is 1. The van der Waals surface area contributed by atoms with E-state index in [0.29, 0.717) is 16.8 Å². The first-order valence-corrected chi connectivity index (χ1v) is 6.86. The van der Waals surface area contributed by atoms with Crippen LogP contribution in [0.15, 0.2) is 60.8 Å². The highest BCUT2D eigenvalue weighted by Gasteiger charge is 2.15. The molecule has 1 heterocycles. The number of aromatic nitrogens is 2. The van der Waals surface area contributed by atoms with Crippen molar-refractivity contribution in [3.63, 3.8) is 0 Å². The predicted molar refractivity (Wildman–Crippen MR) is 81.6 cm³/mol. The van der Waals surface area contributed by atoms with Crippen LogP contribution in [0.2, 0.25) is 0 Å². The normalized spacial score (nSPS) is 10.4. The summed E-state index contributed by atoms with van der Waals surface area (Å²) in [5.74, 6) is -0.630. The molecule has 1 amide bonds. The molecule has 1 aromatic heterocycles. The molecule has 0 atom stereocenters. The highest BCUT2D eigenvalue weighted by atomic mass is 19.1. The Kier molecular flexibility index (Phi) is 3.96. The third-order valence-corrected chi connectivity index (χ3v) is 3.34. The Hall–Kier alpha value is -2.95. The molecule has 0 bridgehead atoms. The van der Waals surface area contributed by atoms with Crippen molar-refractivity contribution >= 4 is 5.91 Å². The van der Waals surface area contributed by atoms with Gasteiger partial charge in [0.1, 0.15) is 5.82 Å². The Morgan fingerprint density at radius 1 is 1.09 bits per heavy atom. The Morgan fingerprint density at radius 2 is 1.82 bits per heavy atom. The minimum atomic E-state index is -0.335. The second-order valence-electron chi connectivity index (χ2n) is 4.80. The zero-order valence-electron chi connectivity index (χ0n) is 11.7. The summed E-state index contributed by atoms with van der Waals surface area (Å²) in [5.41, 5.74) is 2.39. The third-order valence-electron chi connectivity index (χ3n) is 3.34. The van der Waals surface area contributed by atoms with Crippen LogP contribution >= 0.6 is 0 Å². The highest BCUT2D eigenvalue weighted by molar-refractivity contribution is 5.99. The Bertz CT molecular complexity index is 783. The second kappa shape index (κ2) is 6.22. The molecule has 5 heteroatoms. The molecule has 0 aliphatic carbocycles. The van der Waals surface area contributed by atoms with E-state index in [1.165, 1.54) is 12.3 Å². The number of hydrogen-bond donors (Lipinski definition) is 2. The summed E-state index contributed by atoms with van der Waals surface area (Å²) in [5, 5.41) is 9.47. The van der Waals surface area contributed by atoms with Crippen LogP contribution in [0, 0.1) is 5.82 Å². The number of nitrogens with one attached hydrogen (secondary N) is 2. The van der Waals surface area contributed by atoms with Crippen LogP contribution in [0.3, 0.4) is 0 Å². The second-order valence-corrected chi connectivity index (χ2v) is 4.80. The van der Waals surface area contributed by atoms with E-state index >= 15 is 0 Å². The van der Waals surface area contributed by atoms with Crippen LogP contribution in [0.4, 0.5) is 4.39 Å². The first-order valence-electron chi connectivity index (χ1n) is 6.86. The van der Waals surface area contributed by atoms with Gasteiger partial charge in [-0.25, -0.2) is 4.39 Å². The summed E-state index contributed by atoms with van der Waals surface area (Å²) in [6, 6.07) is 15.8. The molecule has 3 rings (SSSR count). The van der Waals surface area contributed by atoms with Gasteiger partial charge in [-0.3, -0.25) is 9.89 Å². The molecule has 0 fully saturated rings. The molecule has 0 aliphatic heterocycles. The summed E-state index contributed by atoms with van der Waals surface area (Å²) < 4.78 is 13.6. The first kappa shape index (κ1) is 14.0. The number of amides is 1. The van der Waals surface area contributed by atoms with Crippen LogP contribution in [-0.2, 0) is 6.54 Å². The minimum Gasteiger partial charge on any atom is -0.348 e. The van der Waals surface area contributed by atoms with E-state index < -0.39 is 0 Å². The van der Waals surface area contributed by atoms with E-state index in [4.69, 9.17) is 0 Å². The van der Waals surface area contributed by atoms with Gasteiger partial charge >= 0.3 is 0 Å². The monoisotopic (exact) mass is 295 g/mol. The average Bonchev–Trinajstić information content (AvgIpc) is 3.04. The van der Waals surface area contributed by atoms with Gasteiger partial charge in [0.2, 0.25) is 0 Å². The molecule has 0 saturated carbocycles. The Balaban J connectivity index is 1.77. The summed E-state index contributed by atoms with van der Waals surface area (Å²) >= 11 is 0. The molecule has 0 unspecified atom stereocenters. The van der Waals surface area contributed by atoms with Gasteiger partial charge < -0.3 is 5.32 Å². The number of H-pyrrole nitrogens is 1. The molecule has 3 aromatic rings. The molecule has 0 saturated heterocycles. The van der Waals surface area contributed by atoms with Crippen molar-refractivity contribution in [2.45, 2.75) is 6.54 Å². The summed E-state index contributed by atoms with van der Waals surface area (Å²) in [6.45, 7) is 0.130. The zero-order valence-corrected chi connectivity index (χ0v) is 11.7. The molecule has 0 aliphatic rings. The number of aromatic amines is 1. The van der Waals surface area contributed by atoms with Gasteiger partial charge in [0.25, 0.3) is 5.91 Å². The molecule has 4 nitrogen and oxygen atoms in total. The number of nitrogens with zero attached hydrogens (tertiary/aromatic N) is 1. The van der Waals surface area contributed by atoms with Crippen LogP contribution in [-0.4, -0.2) is 16.1 Å². The van der Waals surface area contributed by atoms with E-state index in [1.54, 1.807) is 18.2 Å². The van der Waals surface area contributed by atoms with Gasteiger partial charge in [0, 0.05) is 17.7 Å². The minimum absolute atomic E-state index is 0.130. The lowest BCUT2D eigenvalue weighted by Gasteiger charge is -2.07. The Labute approximate surface area is 127 Å². The average molecular weight is 295 g/mol. The molecular weight excluding hydrogens is 281 g/mol. The quantitative estimate of drug-likeness (QED) is 0.777. The maximum absolute atomic E-state index is 13.6. The van der Waals surface area contributed by atoms with Gasteiger partial charge in [-0.1, -0.05) is 48.5 Å². The van der Waals surface area contributed by atoms with Crippen molar-refractivity contribution in [3.05, 3.63) is 77.7 Å². The van der Waals surface area contributed by atoms with E-state index in [0.717, 1.165) is 5.56 Å². The summed E-state index contributed by atoms with van der Waals surface area (Å²) in [7, 11) is 0. The molecule has 0 radical (unpaired) electrons. The molecule has 2 aromatic carbocycles. The third kappa shape index (κ3) is 2.88. The largest absolute Gasteiger partial charge is 0.348 e. The van der Waals surface area contributed by atoms with Crippen LogP contribution in [0.25, 0.3) is 11.3 Å². The van der Waals surface area contributed by atoms with Gasteiger partial charge in [-0.15, -0.1) is 0 Å². The van der Waals surface area contributed by atoms with Crippen molar-refractivity contribution in [2.24, 2.45) is 0 Å². The highest BCUT2D eigenvalue weighted by Crippen LogP contribution is 2.20. The lowest BCUT2D eigenvalue weighted by Crippen LogP contribution is -2.23. The number of benzene rings is 2. The summed E-state index contributed by atoms with van der Waals surface area (Å²) in [6.07, 6.45) is 1.47. The smallest absolute Gasteiger partial charge is 0.255 e. The fourth-order valence-electron chi connectivity index (χ4n) is 2.20. The SMILES string of the molecule is O=C(NCc1ccccc1F)c1cn[nH]c1-c1ccccc1. The van der Waals surface area contributed by atoms with Crippen molar-refractivity contribution in [3.8, 4) is 11.3 Å². The topological polar surface area (TPSA) is 57.8 Å². The van der Waals surface area contributed by atoms with Gasteiger partial charge in [-0.2, -0.15) is 5.10 Å². The van der Waals surface area contributed by atoms with Gasteiger partial charge in [-0.05, 0) is 6.07 Å². The van der Waals surface area contributed by atoms with Crippen molar-refractivity contribution < 1.29 is 9.18 Å². The molecule has 2 N–H and O–H groups in total. The fourth-order valence-corrected chi connectivity index (χ4v) is 2.20. The van der Waals surface area contributed by atoms with E-state index in [2.05, 4.69) is 15.5 Å². The van der Waals surface area contributed by atoms with Gasteiger partial charge in [0.05, 0.1) is 17.5 Å². The van der Waals surface area contributed by atoms with E-state index in [1.807, 2.05) is 30.3 Å². The van der Waals surface area contributed by atoms with Crippen molar-refractivity contribution in [1.29, 1.82) is 0 Å². The lowest BCUT2D eigenvalue weighted by atomic mass is 10.1. The molecule has 22 heavy (non-hydrogen) atoms. The van der Waals surface area contributed by atoms with E-state index in [9.17, 15) is 9.18 Å². The number of rotatable bonds is 4. The van der Waals surface area contributed by atoms with Crippen LogP contribution in [0.1, 0.15) is 15.9 Å². The molecule has 110 valence electrons. The lowest BCUT2D eigenvalue weighted by molar-refractivity contribution is 0.0951. The fraction of sp³-hybridized carbons (Fsp3) is 0.0588. The maximum atomic E-state index is 13.6. The zero-order chi connectivity index (χ0) is 15.4. The number of carbonyl (C=O) groups excluding carboxylic acids is 1. The number of hydrogen-bond acceptors (Lipinski definition) is 2. The van der Waals surface area contributed by atoms with Gasteiger partial charge in [0.15, 0.2) is 0 Å². The standard InChI is InChI=1S/C17H14FN3O/c18-15-9-5-4-8-13(15)10-19-17(22)14-11-20-21-16(14)12-6-2-1-3-7-12/h1-9,11H,10H2,(H,19,22)(H,20,21). The maximum Gasteiger partial charge on any atom is 0.255 e. The summed E-state index contributed by atoms with van der Waals surface area (Å²) in [4.78, 5) is 12.3. The first-order chi connectivity index (χ1) is 10.8. The molecule has 0 spiro atoms. The Morgan fingerprint density at radius 3 is 2.59 bits per heavy atom. The molecular formula is C17H14FN3O. The number of halogens is 1. The van der Waals surface area contributed by atoms with Crippen molar-refractivity contribution in [1.82, 2.24) is 15.5 Å². The van der Waals surface area contributed by atoms with Crippen LogP contribution < -0.4 is 5.32 Å². The van der Waals surface area contributed by atoms with E-state index in [-0.39, 0.29) is 18.3 Å². The van der Waals surface area contributed by atoms with Crippen LogP contribution in [0.5, 0.6) is 0 Å². The predicted octanol–water partition coefficient (Wildman–Crippen LogP) is 3.15. The van der Waals surface area contributed by atoms with Crippen molar-refractivity contribution in [2.75, 3.05) is 0 Å².